The largest absolute Gasteiger partial charge is 0.390 e. The van der Waals surface area contributed by atoms with Crippen LogP contribution in [0.3, 0.4) is 0 Å². The first kappa shape index (κ1) is 8.43. The minimum Gasteiger partial charge on any atom is -0.358 e. The van der Waals surface area contributed by atoms with Gasteiger partial charge in [-0.05, 0) is 17.1 Å². The van der Waals surface area contributed by atoms with Gasteiger partial charge in [-0.3, -0.25) is 0 Å². The van der Waals surface area contributed by atoms with Crippen molar-refractivity contribution in [3.63, 3.8) is 0 Å². The summed E-state index contributed by atoms with van der Waals surface area (Å²) in [6, 6.07) is 10.6. The molecule has 0 saturated heterocycles. The van der Waals surface area contributed by atoms with Crippen LogP contribution in [-0.4, -0.2) is 14.7 Å². The van der Waals surface area contributed by atoms with Crippen molar-refractivity contribution < 1.29 is 4.92 Å². The van der Waals surface area contributed by atoms with Crippen molar-refractivity contribution in [3.8, 4) is 5.69 Å². The molecule has 0 unspecified atom stereocenters. The van der Waals surface area contributed by atoms with Crippen molar-refractivity contribution >= 4 is 5.82 Å². The van der Waals surface area contributed by atoms with E-state index in [1.807, 2.05) is 30.3 Å². The molecule has 0 bridgehead atoms. The summed E-state index contributed by atoms with van der Waals surface area (Å²) in [5.41, 5.74) is 0.806. The summed E-state index contributed by atoms with van der Waals surface area (Å²) in [6.45, 7) is 0. The van der Waals surface area contributed by atoms with Gasteiger partial charge in [0.15, 0.2) is 0 Å². The van der Waals surface area contributed by atoms with Crippen molar-refractivity contribution in [1.29, 1.82) is 0 Å². The second-order valence-corrected chi connectivity index (χ2v) is 2.71. The Hall–Kier alpha value is -2.17. The van der Waals surface area contributed by atoms with Gasteiger partial charge in [0.25, 0.3) is 0 Å². The fraction of sp³-hybridized carbons (Fsp3) is 0. The fourth-order valence-electron chi connectivity index (χ4n) is 1.14. The van der Waals surface area contributed by atoms with E-state index in [1.165, 1.54) is 10.7 Å². The summed E-state index contributed by atoms with van der Waals surface area (Å²) in [7, 11) is 0. The Morgan fingerprint density at radius 3 is 2.50 bits per heavy atom. The first-order chi connectivity index (χ1) is 6.77. The van der Waals surface area contributed by atoms with Crippen LogP contribution in [0.15, 0.2) is 42.6 Å². The summed E-state index contributed by atoms with van der Waals surface area (Å²) >= 11 is 0. The lowest BCUT2D eigenvalue weighted by Crippen LogP contribution is -1.95. The highest BCUT2D eigenvalue weighted by molar-refractivity contribution is 5.32. The number of hydrogen-bond acceptors (Lipinski definition) is 3. The third-order valence-corrected chi connectivity index (χ3v) is 1.78. The zero-order chi connectivity index (χ0) is 9.97. The maximum absolute atomic E-state index is 10.4. The molecule has 0 aliphatic heterocycles. The van der Waals surface area contributed by atoms with Crippen molar-refractivity contribution in [2.75, 3.05) is 0 Å². The molecule has 14 heavy (non-hydrogen) atoms. The van der Waals surface area contributed by atoms with Gasteiger partial charge in [-0.2, -0.15) is 0 Å². The lowest BCUT2D eigenvalue weighted by Gasteiger charge is -1.93. The Labute approximate surface area is 79.7 Å². The smallest absolute Gasteiger partial charge is 0.358 e. The normalized spacial score (nSPS) is 10.0. The van der Waals surface area contributed by atoms with Crippen LogP contribution in [0, 0.1) is 10.1 Å². The van der Waals surface area contributed by atoms with Crippen molar-refractivity contribution in [1.82, 2.24) is 9.78 Å². The standard InChI is InChI=1S/C9H7N3O2/c13-12(14)9-6-7-11(10-9)8-4-2-1-3-5-8/h1-7H. The summed E-state index contributed by atoms with van der Waals surface area (Å²) in [5.74, 6) is -0.145. The molecule has 1 heterocycles. The molecule has 1 aromatic carbocycles. The van der Waals surface area contributed by atoms with Gasteiger partial charge in [0, 0.05) is 0 Å². The lowest BCUT2D eigenvalue weighted by atomic mass is 10.3. The molecule has 0 atom stereocenters. The number of hydrogen-bond donors (Lipinski definition) is 0. The van der Waals surface area contributed by atoms with Gasteiger partial charge in [-0.15, -0.1) is 4.68 Å². The first-order valence-corrected chi connectivity index (χ1v) is 4.03. The molecule has 0 radical (unpaired) electrons. The van der Waals surface area contributed by atoms with Crippen LogP contribution in [0.25, 0.3) is 5.69 Å². The number of benzene rings is 1. The van der Waals surface area contributed by atoms with E-state index in [9.17, 15) is 10.1 Å². The number of aromatic nitrogens is 2. The van der Waals surface area contributed by atoms with Gasteiger partial charge in [0.05, 0.1) is 23.0 Å². The van der Waals surface area contributed by atoms with Gasteiger partial charge in [-0.25, -0.2) is 0 Å². The van der Waals surface area contributed by atoms with Crippen LogP contribution >= 0.6 is 0 Å². The van der Waals surface area contributed by atoms with E-state index in [2.05, 4.69) is 5.10 Å². The maximum Gasteiger partial charge on any atom is 0.390 e. The second kappa shape index (κ2) is 3.29. The highest BCUT2D eigenvalue weighted by Crippen LogP contribution is 2.10. The molecule has 5 heteroatoms. The molecular formula is C9H7N3O2. The van der Waals surface area contributed by atoms with Crippen LogP contribution in [0.4, 0.5) is 5.82 Å². The van der Waals surface area contributed by atoms with E-state index in [-0.39, 0.29) is 5.82 Å². The predicted molar refractivity (Wildman–Crippen MR) is 50.2 cm³/mol. The Morgan fingerprint density at radius 1 is 1.21 bits per heavy atom. The van der Waals surface area contributed by atoms with E-state index in [1.54, 1.807) is 6.20 Å². The molecule has 1 aromatic heterocycles. The molecule has 0 spiro atoms. The van der Waals surface area contributed by atoms with Gasteiger partial charge in [0.1, 0.15) is 0 Å². The molecular weight excluding hydrogens is 182 g/mol. The van der Waals surface area contributed by atoms with E-state index in [0.29, 0.717) is 0 Å². The van der Waals surface area contributed by atoms with Crippen LogP contribution in [-0.2, 0) is 0 Å². The maximum atomic E-state index is 10.4. The molecule has 2 aromatic rings. The molecule has 0 fully saturated rings. The third kappa shape index (κ3) is 1.47. The zero-order valence-corrected chi connectivity index (χ0v) is 7.20. The van der Waals surface area contributed by atoms with Gasteiger partial charge in [-0.1, -0.05) is 18.2 Å². The minimum atomic E-state index is -0.514. The highest BCUT2D eigenvalue weighted by Gasteiger charge is 2.10. The van der Waals surface area contributed by atoms with Crippen molar-refractivity contribution in [3.05, 3.63) is 52.7 Å². The zero-order valence-electron chi connectivity index (χ0n) is 7.20. The monoisotopic (exact) mass is 189 g/mol. The second-order valence-electron chi connectivity index (χ2n) is 2.71. The summed E-state index contributed by atoms with van der Waals surface area (Å²) in [4.78, 5) is 9.86. The first-order valence-electron chi connectivity index (χ1n) is 4.03. The summed E-state index contributed by atoms with van der Waals surface area (Å²) in [5, 5.41) is 14.2. The minimum absolute atomic E-state index is 0.145. The number of para-hydroxylation sites is 1. The van der Waals surface area contributed by atoms with Crippen LogP contribution in [0.5, 0.6) is 0 Å². The van der Waals surface area contributed by atoms with Crippen LogP contribution in [0.1, 0.15) is 0 Å². The molecule has 0 aliphatic rings. The lowest BCUT2D eigenvalue weighted by molar-refractivity contribution is -0.389. The molecule has 0 amide bonds. The quantitative estimate of drug-likeness (QED) is 0.534. The Morgan fingerprint density at radius 2 is 1.93 bits per heavy atom. The molecule has 5 nitrogen and oxygen atoms in total. The molecule has 0 saturated carbocycles. The van der Waals surface area contributed by atoms with E-state index in [0.717, 1.165) is 5.69 Å². The molecule has 0 N–H and O–H groups in total. The predicted octanol–water partition coefficient (Wildman–Crippen LogP) is 1.78. The molecule has 2 rings (SSSR count). The Balaban J connectivity index is 2.39. The average molecular weight is 189 g/mol. The molecule has 0 aliphatic carbocycles. The summed E-state index contributed by atoms with van der Waals surface area (Å²) in [6.07, 6.45) is 1.56. The number of nitrogens with zero attached hydrogens (tertiary/aromatic N) is 3. The summed E-state index contributed by atoms with van der Waals surface area (Å²) < 4.78 is 1.47. The van der Waals surface area contributed by atoms with Crippen LogP contribution < -0.4 is 0 Å². The van der Waals surface area contributed by atoms with Gasteiger partial charge < -0.3 is 10.1 Å². The average Bonchev–Trinajstić information content (AvgIpc) is 2.68. The number of nitro groups is 1. The highest BCUT2D eigenvalue weighted by atomic mass is 16.6. The third-order valence-electron chi connectivity index (χ3n) is 1.78. The Bertz CT molecular complexity index is 450. The van der Waals surface area contributed by atoms with Gasteiger partial charge >= 0.3 is 5.82 Å². The SMILES string of the molecule is O=[N+]([O-])c1ccn(-c2ccccc2)n1. The Kier molecular flexibility index (Phi) is 1.98. The topological polar surface area (TPSA) is 61.0 Å². The van der Waals surface area contributed by atoms with Crippen molar-refractivity contribution in [2.45, 2.75) is 0 Å². The van der Waals surface area contributed by atoms with Crippen LogP contribution in [0.2, 0.25) is 0 Å². The van der Waals surface area contributed by atoms with Gasteiger partial charge in [0.2, 0.25) is 0 Å². The molecule has 70 valence electrons. The van der Waals surface area contributed by atoms with E-state index < -0.39 is 4.92 Å². The van der Waals surface area contributed by atoms with Crippen molar-refractivity contribution in [2.24, 2.45) is 0 Å². The number of rotatable bonds is 2. The fourth-order valence-corrected chi connectivity index (χ4v) is 1.14. The van der Waals surface area contributed by atoms with E-state index in [4.69, 9.17) is 0 Å². The van der Waals surface area contributed by atoms with E-state index >= 15 is 0 Å².